The fourth-order valence-electron chi connectivity index (χ4n) is 0.398. The topological polar surface area (TPSA) is 55.5 Å². The standard InChI is InChI=1S/C6H15NO2.Li.H/c1-4-9-6(7,8)5(2)3;;/h5,8H,4,7H2,1-3H3;;. The summed E-state index contributed by atoms with van der Waals surface area (Å²) in [6, 6.07) is 0. The van der Waals surface area contributed by atoms with Crippen molar-refractivity contribution in [3.05, 3.63) is 0 Å². The molecule has 0 radical (unpaired) electrons. The second-order valence-corrected chi connectivity index (χ2v) is 2.34. The van der Waals surface area contributed by atoms with Crippen LogP contribution in [0.4, 0.5) is 0 Å². The zero-order valence-corrected chi connectivity index (χ0v) is 6.22. The van der Waals surface area contributed by atoms with Crippen LogP contribution in [0.3, 0.4) is 0 Å². The molecule has 0 aliphatic carbocycles. The van der Waals surface area contributed by atoms with Crippen LogP contribution in [-0.2, 0) is 4.74 Å². The van der Waals surface area contributed by atoms with Crippen LogP contribution in [0.15, 0.2) is 0 Å². The molecular weight excluding hydrogens is 125 g/mol. The molecule has 0 amide bonds. The molecule has 0 aromatic heterocycles. The molecule has 1 atom stereocenters. The van der Waals surface area contributed by atoms with E-state index >= 15 is 0 Å². The van der Waals surface area contributed by atoms with Crippen molar-refractivity contribution in [3.63, 3.8) is 0 Å². The maximum atomic E-state index is 9.15. The molecule has 0 spiro atoms. The Labute approximate surface area is 74.1 Å². The average Bonchev–Trinajstić information content (AvgIpc) is 1.65. The molecule has 0 saturated carbocycles. The number of aliphatic hydroxyl groups is 1. The first-order valence-electron chi connectivity index (χ1n) is 3.16. The van der Waals surface area contributed by atoms with Gasteiger partial charge < -0.3 is 9.84 Å². The summed E-state index contributed by atoms with van der Waals surface area (Å²) in [7, 11) is 0. The molecule has 0 aliphatic rings. The van der Waals surface area contributed by atoms with E-state index in [0.717, 1.165) is 0 Å². The van der Waals surface area contributed by atoms with Crippen molar-refractivity contribution in [2.45, 2.75) is 26.7 Å². The fourth-order valence-corrected chi connectivity index (χ4v) is 0.398. The molecule has 3 N–H and O–H groups in total. The molecule has 0 rings (SSSR count). The van der Waals surface area contributed by atoms with Crippen LogP contribution in [0, 0.1) is 5.92 Å². The molecule has 0 bridgehead atoms. The second-order valence-electron chi connectivity index (χ2n) is 2.34. The minimum atomic E-state index is -1.45. The van der Waals surface area contributed by atoms with Crippen molar-refractivity contribution in [1.29, 1.82) is 0 Å². The van der Waals surface area contributed by atoms with Gasteiger partial charge in [0, 0.05) is 12.5 Å². The molecule has 10 heavy (non-hydrogen) atoms. The van der Waals surface area contributed by atoms with Gasteiger partial charge >= 0.3 is 18.9 Å². The third kappa shape index (κ3) is 4.32. The van der Waals surface area contributed by atoms with Crippen LogP contribution < -0.4 is 5.73 Å². The first kappa shape index (κ1) is 13.1. The molecule has 0 heterocycles. The number of ether oxygens (including phenoxy) is 1. The normalized spacial score (nSPS) is 16.2. The Hall–Kier alpha value is 0.477. The van der Waals surface area contributed by atoms with E-state index in [4.69, 9.17) is 15.6 Å². The first-order valence-corrected chi connectivity index (χ1v) is 3.16. The van der Waals surface area contributed by atoms with Crippen LogP contribution in [0.25, 0.3) is 0 Å². The zero-order chi connectivity index (χ0) is 7.49. The van der Waals surface area contributed by atoms with Gasteiger partial charge in [0.1, 0.15) is 0 Å². The summed E-state index contributed by atoms with van der Waals surface area (Å²) in [5.41, 5.74) is 5.30. The van der Waals surface area contributed by atoms with Gasteiger partial charge in [0.05, 0.1) is 0 Å². The predicted molar refractivity (Wildman–Crippen MR) is 42.8 cm³/mol. The SMILES string of the molecule is CCOC(N)(O)C(C)C.[LiH]. The fraction of sp³-hybridized carbons (Fsp3) is 1.00. The Bertz CT molecular complexity index is 85.8. The third-order valence-corrected chi connectivity index (χ3v) is 1.20. The van der Waals surface area contributed by atoms with Crippen molar-refractivity contribution < 1.29 is 9.84 Å². The van der Waals surface area contributed by atoms with Crippen molar-refractivity contribution in [1.82, 2.24) is 0 Å². The monoisotopic (exact) mass is 141 g/mol. The molecule has 0 aliphatic heterocycles. The molecule has 0 aromatic rings. The molecular formula is C6H16LiNO2. The van der Waals surface area contributed by atoms with Gasteiger partial charge in [-0.3, -0.25) is 5.73 Å². The molecule has 0 saturated heterocycles. The number of hydrogen-bond donors (Lipinski definition) is 2. The molecule has 0 aromatic carbocycles. The third-order valence-electron chi connectivity index (χ3n) is 1.20. The van der Waals surface area contributed by atoms with Gasteiger partial charge in [-0.1, -0.05) is 13.8 Å². The van der Waals surface area contributed by atoms with E-state index in [1.807, 2.05) is 0 Å². The van der Waals surface area contributed by atoms with E-state index in [9.17, 15) is 0 Å². The van der Waals surface area contributed by atoms with E-state index in [0.29, 0.717) is 6.61 Å². The molecule has 4 heteroatoms. The summed E-state index contributed by atoms with van der Waals surface area (Å²) in [4.78, 5) is 0. The first-order chi connectivity index (χ1) is 4.00. The summed E-state index contributed by atoms with van der Waals surface area (Å²) in [5.74, 6) is -1.52. The van der Waals surface area contributed by atoms with E-state index in [-0.39, 0.29) is 24.8 Å². The van der Waals surface area contributed by atoms with Crippen LogP contribution in [0.2, 0.25) is 0 Å². The van der Waals surface area contributed by atoms with Crippen LogP contribution >= 0.6 is 0 Å². The van der Waals surface area contributed by atoms with Crippen LogP contribution in [0.5, 0.6) is 0 Å². The quantitative estimate of drug-likeness (QED) is 0.416. The zero-order valence-electron chi connectivity index (χ0n) is 6.22. The summed E-state index contributed by atoms with van der Waals surface area (Å²) in [5, 5.41) is 9.15. The van der Waals surface area contributed by atoms with Crippen molar-refractivity contribution in [2.24, 2.45) is 11.7 Å². The van der Waals surface area contributed by atoms with Gasteiger partial charge in [-0.2, -0.15) is 0 Å². The van der Waals surface area contributed by atoms with Gasteiger partial charge in [0.15, 0.2) is 0 Å². The van der Waals surface area contributed by atoms with E-state index in [1.165, 1.54) is 0 Å². The Morgan fingerprint density at radius 3 is 2.10 bits per heavy atom. The number of hydrogen-bond acceptors (Lipinski definition) is 3. The molecule has 3 nitrogen and oxygen atoms in total. The van der Waals surface area contributed by atoms with E-state index < -0.39 is 5.91 Å². The Morgan fingerprint density at radius 2 is 2.00 bits per heavy atom. The summed E-state index contributed by atoms with van der Waals surface area (Å²) in [6.07, 6.45) is 0. The van der Waals surface area contributed by atoms with Gasteiger partial charge in [0.25, 0.3) is 0 Å². The van der Waals surface area contributed by atoms with Crippen LogP contribution in [-0.4, -0.2) is 36.5 Å². The Kier molecular flexibility index (Phi) is 6.77. The van der Waals surface area contributed by atoms with Crippen LogP contribution in [0.1, 0.15) is 20.8 Å². The maximum absolute atomic E-state index is 9.15. The Morgan fingerprint density at radius 1 is 1.60 bits per heavy atom. The second kappa shape index (κ2) is 5.17. The summed E-state index contributed by atoms with van der Waals surface area (Å²) < 4.78 is 4.82. The number of nitrogens with two attached hydrogens (primary N) is 1. The summed E-state index contributed by atoms with van der Waals surface area (Å²) in [6.45, 7) is 5.83. The summed E-state index contributed by atoms with van der Waals surface area (Å²) >= 11 is 0. The Balaban J connectivity index is 0. The van der Waals surface area contributed by atoms with E-state index in [1.54, 1.807) is 20.8 Å². The van der Waals surface area contributed by atoms with Crippen molar-refractivity contribution in [3.8, 4) is 0 Å². The number of rotatable bonds is 3. The van der Waals surface area contributed by atoms with Gasteiger partial charge in [-0.25, -0.2) is 0 Å². The van der Waals surface area contributed by atoms with Crippen molar-refractivity contribution >= 4 is 18.9 Å². The van der Waals surface area contributed by atoms with Gasteiger partial charge in [-0.15, -0.1) is 0 Å². The van der Waals surface area contributed by atoms with Gasteiger partial charge in [-0.05, 0) is 6.92 Å². The van der Waals surface area contributed by atoms with Gasteiger partial charge in [0.2, 0.25) is 5.91 Å². The minimum absolute atomic E-state index is 0. The molecule has 58 valence electrons. The molecule has 0 fully saturated rings. The van der Waals surface area contributed by atoms with Crippen molar-refractivity contribution in [2.75, 3.05) is 6.61 Å². The molecule has 1 unspecified atom stereocenters. The average molecular weight is 141 g/mol. The predicted octanol–water partition coefficient (Wildman–Crippen LogP) is -0.365. The van der Waals surface area contributed by atoms with E-state index in [2.05, 4.69) is 0 Å².